The summed E-state index contributed by atoms with van der Waals surface area (Å²) in [5.41, 5.74) is 4.21. The van der Waals surface area contributed by atoms with Crippen LogP contribution < -0.4 is 16.0 Å². The number of thiocarbonyl (C=S) groups is 1. The summed E-state index contributed by atoms with van der Waals surface area (Å²) in [7, 11) is 0. The van der Waals surface area contributed by atoms with E-state index in [1.807, 2.05) is 72.8 Å². The van der Waals surface area contributed by atoms with Crippen LogP contribution in [0.15, 0.2) is 84.9 Å². The minimum Gasteiger partial charge on any atom is -0.358 e. The van der Waals surface area contributed by atoms with Gasteiger partial charge in [-0.1, -0.05) is 54.6 Å². The average molecular weight is 333 g/mol. The Morgan fingerprint density at radius 1 is 0.708 bits per heavy atom. The van der Waals surface area contributed by atoms with Gasteiger partial charge in [0.15, 0.2) is 5.11 Å². The summed E-state index contributed by atoms with van der Waals surface area (Å²) < 4.78 is 0. The lowest BCUT2D eigenvalue weighted by Gasteiger charge is -2.12. The Bertz CT molecular complexity index is 788. The highest BCUT2D eigenvalue weighted by Gasteiger charge is 2.00. The summed E-state index contributed by atoms with van der Waals surface area (Å²) in [4.78, 5) is 0. The van der Waals surface area contributed by atoms with E-state index in [0.29, 0.717) is 11.7 Å². The number of hydrogen-bond acceptors (Lipinski definition) is 2. The van der Waals surface area contributed by atoms with Crippen LogP contribution in [-0.2, 0) is 6.54 Å². The molecule has 0 bridgehead atoms. The second-order valence-corrected chi connectivity index (χ2v) is 5.77. The summed E-state index contributed by atoms with van der Waals surface area (Å²) in [5.74, 6) is 0. The van der Waals surface area contributed by atoms with Crippen molar-refractivity contribution in [2.24, 2.45) is 0 Å². The summed E-state index contributed by atoms with van der Waals surface area (Å²) in [6, 6.07) is 28.3. The Morgan fingerprint density at radius 3 is 2.08 bits per heavy atom. The highest BCUT2D eigenvalue weighted by molar-refractivity contribution is 7.80. The zero-order valence-electron chi connectivity index (χ0n) is 13.2. The molecule has 120 valence electrons. The van der Waals surface area contributed by atoms with E-state index in [4.69, 9.17) is 12.2 Å². The van der Waals surface area contributed by atoms with Crippen LogP contribution in [0.4, 0.5) is 17.1 Å². The van der Waals surface area contributed by atoms with E-state index in [0.717, 1.165) is 17.1 Å². The second-order valence-electron chi connectivity index (χ2n) is 5.37. The van der Waals surface area contributed by atoms with Crippen molar-refractivity contribution in [2.75, 3.05) is 10.6 Å². The maximum absolute atomic E-state index is 5.37. The van der Waals surface area contributed by atoms with Gasteiger partial charge in [0.1, 0.15) is 0 Å². The summed E-state index contributed by atoms with van der Waals surface area (Å²) in [5, 5.41) is 10.4. The number of anilines is 3. The van der Waals surface area contributed by atoms with Gasteiger partial charge in [-0.2, -0.15) is 0 Å². The number of para-hydroxylation sites is 1. The zero-order valence-corrected chi connectivity index (χ0v) is 14.0. The molecule has 0 heterocycles. The van der Waals surface area contributed by atoms with Crippen molar-refractivity contribution in [1.82, 2.24) is 5.32 Å². The van der Waals surface area contributed by atoms with E-state index in [1.54, 1.807) is 0 Å². The average Bonchev–Trinajstić information content (AvgIpc) is 2.62. The minimum absolute atomic E-state index is 0.607. The smallest absolute Gasteiger partial charge is 0.171 e. The second kappa shape index (κ2) is 8.13. The van der Waals surface area contributed by atoms with Gasteiger partial charge in [-0.15, -0.1) is 0 Å². The molecule has 0 atom stereocenters. The molecule has 0 aliphatic heterocycles. The van der Waals surface area contributed by atoms with Crippen molar-refractivity contribution in [1.29, 1.82) is 0 Å². The first kappa shape index (κ1) is 16.0. The topological polar surface area (TPSA) is 36.1 Å². The quantitative estimate of drug-likeness (QED) is 0.579. The molecular formula is C20H19N3S. The largest absolute Gasteiger partial charge is 0.358 e. The van der Waals surface area contributed by atoms with Gasteiger partial charge in [0.05, 0.1) is 0 Å². The maximum atomic E-state index is 5.37. The van der Waals surface area contributed by atoms with Crippen molar-refractivity contribution in [3.63, 3.8) is 0 Å². The lowest BCUT2D eigenvalue weighted by Crippen LogP contribution is -2.27. The van der Waals surface area contributed by atoms with E-state index in [9.17, 15) is 0 Å². The first-order valence-electron chi connectivity index (χ1n) is 7.80. The Balaban J connectivity index is 1.57. The molecule has 0 unspecified atom stereocenters. The van der Waals surface area contributed by atoms with Crippen LogP contribution in [0.3, 0.4) is 0 Å². The molecule has 3 aromatic carbocycles. The van der Waals surface area contributed by atoms with Crippen LogP contribution in [-0.4, -0.2) is 5.11 Å². The molecule has 4 heteroatoms. The van der Waals surface area contributed by atoms with Crippen LogP contribution in [0.2, 0.25) is 0 Å². The van der Waals surface area contributed by atoms with Crippen LogP contribution >= 0.6 is 12.2 Å². The molecule has 0 saturated carbocycles. The van der Waals surface area contributed by atoms with E-state index in [1.165, 1.54) is 5.56 Å². The third-order valence-corrected chi connectivity index (χ3v) is 3.73. The molecule has 0 fully saturated rings. The number of rotatable bonds is 5. The molecule has 24 heavy (non-hydrogen) atoms. The zero-order chi connectivity index (χ0) is 16.6. The Hall–Kier alpha value is -2.85. The number of hydrogen-bond donors (Lipinski definition) is 3. The van der Waals surface area contributed by atoms with Crippen LogP contribution in [0.5, 0.6) is 0 Å². The van der Waals surface area contributed by atoms with Crippen molar-refractivity contribution in [2.45, 2.75) is 6.54 Å². The number of benzene rings is 3. The van der Waals surface area contributed by atoms with Crippen LogP contribution in [0.1, 0.15) is 5.56 Å². The predicted octanol–water partition coefficient (Wildman–Crippen LogP) is 4.92. The highest BCUT2D eigenvalue weighted by Crippen LogP contribution is 2.19. The van der Waals surface area contributed by atoms with Gasteiger partial charge in [0, 0.05) is 23.6 Å². The third kappa shape index (κ3) is 4.83. The third-order valence-electron chi connectivity index (χ3n) is 3.48. The van der Waals surface area contributed by atoms with Gasteiger partial charge in [0.25, 0.3) is 0 Å². The molecule has 3 aromatic rings. The summed E-state index contributed by atoms with van der Waals surface area (Å²) in [6.07, 6.45) is 0. The van der Waals surface area contributed by atoms with E-state index in [2.05, 4.69) is 28.1 Å². The van der Waals surface area contributed by atoms with E-state index < -0.39 is 0 Å². The molecule has 0 aliphatic rings. The van der Waals surface area contributed by atoms with Crippen LogP contribution in [0.25, 0.3) is 0 Å². The van der Waals surface area contributed by atoms with Crippen molar-refractivity contribution >= 4 is 34.4 Å². The molecule has 3 N–H and O–H groups in total. The first-order valence-corrected chi connectivity index (χ1v) is 8.21. The Kier molecular flexibility index (Phi) is 5.43. The van der Waals surface area contributed by atoms with E-state index >= 15 is 0 Å². The standard InChI is InChI=1S/C20H19N3S/c24-20(21-15-16-8-3-1-4-9-16)23-19-13-7-12-18(14-19)22-17-10-5-2-6-11-17/h1-14,22H,15H2,(H2,21,23,24). The first-order chi connectivity index (χ1) is 11.8. The van der Waals surface area contributed by atoms with Gasteiger partial charge < -0.3 is 16.0 Å². The molecule has 0 aromatic heterocycles. The molecular weight excluding hydrogens is 314 g/mol. The fraction of sp³-hybridized carbons (Fsp3) is 0.0500. The molecule has 0 radical (unpaired) electrons. The van der Waals surface area contributed by atoms with Crippen molar-refractivity contribution in [3.05, 3.63) is 90.5 Å². The number of nitrogens with one attached hydrogen (secondary N) is 3. The van der Waals surface area contributed by atoms with Gasteiger partial charge >= 0.3 is 0 Å². The lowest BCUT2D eigenvalue weighted by atomic mass is 10.2. The van der Waals surface area contributed by atoms with Crippen LogP contribution in [0, 0.1) is 0 Å². The van der Waals surface area contributed by atoms with Gasteiger partial charge in [-0.05, 0) is 48.1 Å². The minimum atomic E-state index is 0.607. The molecule has 3 rings (SSSR count). The Labute approximate surface area is 147 Å². The summed E-state index contributed by atoms with van der Waals surface area (Å²) in [6.45, 7) is 0.703. The molecule has 0 amide bonds. The fourth-order valence-electron chi connectivity index (χ4n) is 2.32. The van der Waals surface area contributed by atoms with Gasteiger partial charge in [-0.3, -0.25) is 0 Å². The maximum Gasteiger partial charge on any atom is 0.171 e. The van der Waals surface area contributed by atoms with E-state index in [-0.39, 0.29) is 0 Å². The normalized spacial score (nSPS) is 10.0. The monoisotopic (exact) mass is 333 g/mol. The highest BCUT2D eigenvalue weighted by atomic mass is 32.1. The molecule has 0 spiro atoms. The molecule has 0 aliphatic carbocycles. The molecule has 0 saturated heterocycles. The lowest BCUT2D eigenvalue weighted by molar-refractivity contribution is 0.926. The van der Waals surface area contributed by atoms with Gasteiger partial charge in [0.2, 0.25) is 0 Å². The SMILES string of the molecule is S=C(NCc1ccccc1)Nc1cccc(Nc2ccccc2)c1. The summed E-state index contributed by atoms with van der Waals surface area (Å²) >= 11 is 5.37. The predicted molar refractivity (Wildman–Crippen MR) is 106 cm³/mol. The Morgan fingerprint density at radius 2 is 1.33 bits per heavy atom. The fourth-order valence-corrected chi connectivity index (χ4v) is 2.51. The van der Waals surface area contributed by atoms with Crippen molar-refractivity contribution in [3.8, 4) is 0 Å². The van der Waals surface area contributed by atoms with Gasteiger partial charge in [-0.25, -0.2) is 0 Å². The van der Waals surface area contributed by atoms with Crippen molar-refractivity contribution < 1.29 is 0 Å². The molecule has 3 nitrogen and oxygen atoms in total.